The molecule has 0 radical (unpaired) electrons. The van der Waals surface area contributed by atoms with Gasteiger partial charge in [-0.15, -0.1) is 0 Å². The topological polar surface area (TPSA) is 77.1 Å². The highest BCUT2D eigenvalue weighted by atomic mass is 16.3. The Hall–Kier alpha value is -3.67. The summed E-state index contributed by atoms with van der Waals surface area (Å²) in [6, 6.07) is 16.3. The number of carbonyl (C=O) groups excluding carboxylic acids is 1. The van der Waals surface area contributed by atoms with E-state index in [9.17, 15) is 9.59 Å². The molecule has 0 spiro atoms. The highest BCUT2D eigenvalue weighted by molar-refractivity contribution is 5.93. The molecule has 4 rings (SSSR count). The zero-order valence-corrected chi connectivity index (χ0v) is 15.4. The molecule has 4 aromatic rings. The van der Waals surface area contributed by atoms with Crippen LogP contribution in [0.15, 0.2) is 76.2 Å². The summed E-state index contributed by atoms with van der Waals surface area (Å²) in [6.07, 6.45) is 4.47. The molecule has 1 amide bonds. The normalized spacial score (nSPS) is 10.9. The van der Waals surface area contributed by atoms with E-state index >= 15 is 0 Å². The highest BCUT2D eigenvalue weighted by Crippen LogP contribution is 2.19. The molecule has 28 heavy (non-hydrogen) atoms. The van der Waals surface area contributed by atoms with Crippen LogP contribution in [0, 0.1) is 0 Å². The molecule has 2 heterocycles. The van der Waals surface area contributed by atoms with Crippen molar-refractivity contribution in [2.45, 2.75) is 6.42 Å². The van der Waals surface area contributed by atoms with Gasteiger partial charge >= 0.3 is 0 Å². The van der Waals surface area contributed by atoms with Crippen LogP contribution in [0.4, 0.5) is 0 Å². The van der Waals surface area contributed by atoms with Gasteiger partial charge in [-0.2, -0.15) is 5.10 Å². The van der Waals surface area contributed by atoms with Crippen molar-refractivity contribution in [1.82, 2.24) is 15.1 Å². The smallest absolute Gasteiger partial charge is 0.287 e. The number of benzene rings is 2. The van der Waals surface area contributed by atoms with Crippen molar-refractivity contribution in [2.75, 3.05) is 6.54 Å². The number of aryl methyl sites for hydroxylation is 1. The van der Waals surface area contributed by atoms with Crippen molar-refractivity contribution in [3.8, 4) is 11.1 Å². The molecule has 0 aliphatic rings. The fraction of sp³-hybridized carbons (Fsp3) is 0.136. The summed E-state index contributed by atoms with van der Waals surface area (Å²) in [4.78, 5) is 24.4. The van der Waals surface area contributed by atoms with Crippen LogP contribution in [-0.4, -0.2) is 22.2 Å². The maximum Gasteiger partial charge on any atom is 0.287 e. The summed E-state index contributed by atoms with van der Waals surface area (Å²) in [5.74, 6) is -0.370. The van der Waals surface area contributed by atoms with E-state index < -0.39 is 5.91 Å². The van der Waals surface area contributed by atoms with Gasteiger partial charge in [-0.25, -0.2) is 0 Å². The number of nitrogens with one attached hydrogen (secondary N) is 1. The average molecular weight is 373 g/mol. The number of hydrogen-bond donors (Lipinski definition) is 1. The Labute approximate surface area is 161 Å². The van der Waals surface area contributed by atoms with Crippen LogP contribution in [-0.2, 0) is 13.5 Å². The molecular formula is C22H19N3O3. The van der Waals surface area contributed by atoms with Gasteiger partial charge in [0.05, 0.1) is 11.6 Å². The van der Waals surface area contributed by atoms with Gasteiger partial charge in [0, 0.05) is 31.4 Å². The molecule has 0 atom stereocenters. The minimum absolute atomic E-state index is 0.0237. The lowest BCUT2D eigenvalue weighted by Gasteiger charge is -2.06. The van der Waals surface area contributed by atoms with E-state index in [4.69, 9.17) is 4.42 Å². The van der Waals surface area contributed by atoms with Crippen molar-refractivity contribution in [2.24, 2.45) is 7.05 Å². The molecule has 0 unspecified atom stereocenters. The molecule has 0 saturated carbocycles. The third-order valence-electron chi connectivity index (χ3n) is 4.55. The maximum absolute atomic E-state index is 12.3. The molecule has 0 aliphatic carbocycles. The van der Waals surface area contributed by atoms with Gasteiger partial charge < -0.3 is 9.73 Å². The molecule has 1 N–H and O–H groups in total. The number of amides is 1. The highest BCUT2D eigenvalue weighted by Gasteiger charge is 2.11. The van der Waals surface area contributed by atoms with Gasteiger partial charge in [-0.1, -0.05) is 36.4 Å². The van der Waals surface area contributed by atoms with E-state index in [2.05, 4.69) is 10.4 Å². The van der Waals surface area contributed by atoms with E-state index in [-0.39, 0.29) is 11.2 Å². The number of carbonyl (C=O) groups is 1. The molecule has 6 nitrogen and oxygen atoms in total. The summed E-state index contributed by atoms with van der Waals surface area (Å²) < 4.78 is 7.32. The van der Waals surface area contributed by atoms with E-state index in [0.717, 1.165) is 16.7 Å². The lowest BCUT2D eigenvalue weighted by molar-refractivity contribution is 0.0927. The fourth-order valence-electron chi connectivity index (χ4n) is 3.06. The molecule has 0 fully saturated rings. The molecule has 6 heteroatoms. The molecule has 0 aliphatic heterocycles. The molecule has 0 bridgehead atoms. The van der Waals surface area contributed by atoms with Crippen molar-refractivity contribution in [1.29, 1.82) is 0 Å². The average Bonchev–Trinajstić information content (AvgIpc) is 3.15. The van der Waals surface area contributed by atoms with Crippen molar-refractivity contribution >= 4 is 16.9 Å². The number of fused-ring (bicyclic) bond motifs is 1. The first-order valence-electron chi connectivity index (χ1n) is 8.99. The zero-order valence-electron chi connectivity index (χ0n) is 15.4. The lowest BCUT2D eigenvalue weighted by atomic mass is 10.1. The molecule has 0 saturated heterocycles. The molecule has 2 aromatic heterocycles. The van der Waals surface area contributed by atoms with Gasteiger partial charge in [0.2, 0.25) is 0 Å². The molecule has 140 valence electrons. The van der Waals surface area contributed by atoms with Crippen LogP contribution >= 0.6 is 0 Å². The Morgan fingerprint density at radius 1 is 1.11 bits per heavy atom. The summed E-state index contributed by atoms with van der Waals surface area (Å²) in [5.41, 5.74) is 3.45. The molecule has 2 aromatic carbocycles. The van der Waals surface area contributed by atoms with E-state index in [1.165, 1.54) is 6.07 Å². The number of nitrogens with zero attached hydrogens (tertiary/aromatic N) is 2. The second kappa shape index (κ2) is 7.52. The van der Waals surface area contributed by atoms with Crippen LogP contribution in [0.1, 0.15) is 16.1 Å². The number of aromatic nitrogens is 2. The summed E-state index contributed by atoms with van der Waals surface area (Å²) >= 11 is 0. The monoisotopic (exact) mass is 373 g/mol. The number of rotatable bonds is 5. The van der Waals surface area contributed by atoms with Crippen LogP contribution in [0.25, 0.3) is 22.1 Å². The van der Waals surface area contributed by atoms with Crippen LogP contribution in [0.2, 0.25) is 0 Å². The predicted octanol–water partition coefficient (Wildman–Crippen LogP) is 3.17. The third kappa shape index (κ3) is 3.71. The third-order valence-corrected chi connectivity index (χ3v) is 4.55. The first-order valence-corrected chi connectivity index (χ1v) is 8.99. The second-order valence-corrected chi connectivity index (χ2v) is 6.58. The zero-order chi connectivity index (χ0) is 19.5. The van der Waals surface area contributed by atoms with E-state index in [1.807, 2.05) is 43.7 Å². The van der Waals surface area contributed by atoms with Crippen LogP contribution in [0.3, 0.4) is 0 Å². The maximum atomic E-state index is 12.3. The quantitative estimate of drug-likeness (QED) is 0.583. The van der Waals surface area contributed by atoms with Gasteiger partial charge in [-0.05, 0) is 29.7 Å². The van der Waals surface area contributed by atoms with Gasteiger partial charge in [0.15, 0.2) is 11.2 Å². The van der Waals surface area contributed by atoms with Gasteiger partial charge in [0.1, 0.15) is 5.58 Å². The number of para-hydroxylation sites is 1. The minimum atomic E-state index is -0.394. The van der Waals surface area contributed by atoms with Gasteiger partial charge in [0.25, 0.3) is 5.91 Å². The largest absolute Gasteiger partial charge is 0.451 e. The first-order chi connectivity index (χ1) is 13.6. The standard InChI is InChI=1S/C22H19N3O3/c1-25-14-17(13-24-25)16-8-6-15(7-9-16)10-11-23-22(27)21-12-19(26)18-4-2-3-5-20(18)28-21/h2-9,12-14H,10-11H2,1H3,(H,23,27). The van der Waals surface area contributed by atoms with Crippen molar-refractivity contribution < 1.29 is 9.21 Å². The summed E-state index contributed by atoms with van der Waals surface area (Å²) in [7, 11) is 1.89. The van der Waals surface area contributed by atoms with E-state index in [0.29, 0.717) is 23.9 Å². The SMILES string of the molecule is Cn1cc(-c2ccc(CCNC(=O)c3cc(=O)c4ccccc4o3)cc2)cn1. The summed E-state index contributed by atoms with van der Waals surface area (Å²) in [6.45, 7) is 0.446. The minimum Gasteiger partial charge on any atom is -0.451 e. The number of hydrogen-bond acceptors (Lipinski definition) is 4. The first kappa shape index (κ1) is 17.7. The van der Waals surface area contributed by atoms with E-state index in [1.54, 1.807) is 28.9 Å². The lowest BCUT2D eigenvalue weighted by Crippen LogP contribution is -2.26. The van der Waals surface area contributed by atoms with Crippen LogP contribution in [0.5, 0.6) is 0 Å². The fourth-order valence-corrected chi connectivity index (χ4v) is 3.06. The molecular weight excluding hydrogens is 354 g/mol. The second-order valence-electron chi connectivity index (χ2n) is 6.58. The van der Waals surface area contributed by atoms with Crippen LogP contribution < -0.4 is 10.7 Å². The Bertz CT molecular complexity index is 1190. The Morgan fingerprint density at radius 3 is 2.64 bits per heavy atom. The Kier molecular flexibility index (Phi) is 4.76. The Morgan fingerprint density at radius 2 is 1.89 bits per heavy atom. The van der Waals surface area contributed by atoms with Crippen molar-refractivity contribution in [3.05, 3.63) is 88.5 Å². The van der Waals surface area contributed by atoms with Crippen molar-refractivity contribution in [3.63, 3.8) is 0 Å². The van der Waals surface area contributed by atoms with Gasteiger partial charge in [-0.3, -0.25) is 14.3 Å². The Balaban J connectivity index is 1.38. The predicted molar refractivity (Wildman–Crippen MR) is 107 cm³/mol. The summed E-state index contributed by atoms with van der Waals surface area (Å²) in [5, 5.41) is 7.45.